The van der Waals surface area contributed by atoms with Gasteiger partial charge in [0.1, 0.15) is 0 Å². The van der Waals surface area contributed by atoms with Gasteiger partial charge in [-0.15, -0.1) is 0 Å². The fourth-order valence-electron chi connectivity index (χ4n) is 1.65. The third kappa shape index (κ3) is 3.53. The Bertz CT molecular complexity index is 382. The number of nitrogens with one attached hydrogen (secondary N) is 1. The van der Waals surface area contributed by atoms with Crippen molar-refractivity contribution in [3.63, 3.8) is 0 Å². The van der Waals surface area contributed by atoms with Crippen LogP contribution in [0.15, 0.2) is 22.7 Å². The summed E-state index contributed by atoms with van der Waals surface area (Å²) in [4.78, 5) is 0. The van der Waals surface area contributed by atoms with E-state index in [9.17, 15) is 0 Å². The van der Waals surface area contributed by atoms with E-state index in [1.54, 1.807) is 0 Å². The Kier molecular flexibility index (Phi) is 5.34. The first-order valence-corrected chi connectivity index (χ1v) is 6.46. The topological polar surface area (TPSA) is 35.8 Å². The van der Waals surface area contributed by atoms with E-state index in [0.29, 0.717) is 11.6 Å². The molecule has 0 aromatic heterocycles. The zero-order chi connectivity index (χ0) is 12.0. The van der Waals surface area contributed by atoms with Gasteiger partial charge in [-0.3, -0.25) is 0 Å². The van der Waals surface area contributed by atoms with Crippen LogP contribution >= 0.6 is 15.9 Å². The first-order chi connectivity index (χ1) is 7.71. The zero-order valence-corrected chi connectivity index (χ0v) is 11.3. The molecule has 1 aromatic carbocycles. The van der Waals surface area contributed by atoms with Crippen molar-refractivity contribution in [1.29, 1.82) is 5.26 Å². The number of anilines is 1. The van der Waals surface area contributed by atoms with Crippen molar-refractivity contribution in [2.45, 2.75) is 39.2 Å². The summed E-state index contributed by atoms with van der Waals surface area (Å²) in [6, 6.07) is 8.28. The number of rotatable bonds is 5. The number of hydrogen-bond acceptors (Lipinski definition) is 2. The summed E-state index contributed by atoms with van der Waals surface area (Å²) in [6.07, 6.45) is 3.46. The molecule has 0 fully saturated rings. The molecule has 86 valence electrons. The Morgan fingerprint density at radius 3 is 2.69 bits per heavy atom. The maximum atomic E-state index is 8.77. The summed E-state index contributed by atoms with van der Waals surface area (Å²) in [5.74, 6) is 0. The van der Waals surface area contributed by atoms with E-state index in [1.165, 1.54) is 12.8 Å². The van der Waals surface area contributed by atoms with Crippen molar-refractivity contribution in [1.82, 2.24) is 0 Å². The monoisotopic (exact) mass is 280 g/mol. The second-order valence-corrected chi connectivity index (χ2v) is 4.70. The molecule has 0 aliphatic carbocycles. The number of nitrogens with zero attached hydrogens (tertiary/aromatic N) is 1. The maximum Gasteiger partial charge on any atom is 0.0992 e. The Hall–Kier alpha value is -1.01. The molecule has 1 aromatic rings. The zero-order valence-electron chi connectivity index (χ0n) is 9.76. The maximum absolute atomic E-state index is 8.77. The van der Waals surface area contributed by atoms with Crippen molar-refractivity contribution in [2.24, 2.45) is 0 Å². The van der Waals surface area contributed by atoms with E-state index >= 15 is 0 Å². The third-order valence-electron chi connectivity index (χ3n) is 2.59. The smallest absolute Gasteiger partial charge is 0.0992 e. The van der Waals surface area contributed by atoms with Gasteiger partial charge < -0.3 is 5.32 Å². The predicted molar refractivity (Wildman–Crippen MR) is 71.5 cm³/mol. The van der Waals surface area contributed by atoms with E-state index in [-0.39, 0.29) is 0 Å². The SMILES string of the molecule is CCCC(CC)Nc1ccc(C#N)cc1Br. The molecule has 1 rings (SSSR count). The van der Waals surface area contributed by atoms with Crippen LogP contribution in [0.3, 0.4) is 0 Å². The van der Waals surface area contributed by atoms with Gasteiger partial charge in [0.25, 0.3) is 0 Å². The van der Waals surface area contributed by atoms with Crippen LogP contribution in [-0.4, -0.2) is 6.04 Å². The minimum atomic E-state index is 0.509. The van der Waals surface area contributed by atoms with Crippen LogP contribution in [0.1, 0.15) is 38.7 Å². The quantitative estimate of drug-likeness (QED) is 0.872. The fourth-order valence-corrected chi connectivity index (χ4v) is 2.14. The summed E-state index contributed by atoms with van der Waals surface area (Å²) in [7, 11) is 0. The van der Waals surface area contributed by atoms with Crippen molar-refractivity contribution >= 4 is 21.6 Å². The molecule has 0 bridgehead atoms. The molecule has 0 radical (unpaired) electrons. The Morgan fingerprint density at radius 1 is 1.44 bits per heavy atom. The molecular weight excluding hydrogens is 264 g/mol. The van der Waals surface area contributed by atoms with Crippen molar-refractivity contribution in [3.05, 3.63) is 28.2 Å². The molecule has 0 spiro atoms. The van der Waals surface area contributed by atoms with Crippen LogP contribution < -0.4 is 5.32 Å². The van der Waals surface area contributed by atoms with Gasteiger partial charge in [-0.05, 0) is 47.0 Å². The van der Waals surface area contributed by atoms with Gasteiger partial charge in [-0.25, -0.2) is 0 Å². The molecule has 1 N–H and O–H groups in total. The van der Waals surface area contributed by atoms with E-state index in [0.717, 1.165) is 16.6 Å². The van der Waals surface area contributed by atoms with Gasteiger partial charge in [-0.1, -0.05) is 20.3 Å². The molecule has 0 aliphatic rings. The standard InChI is InChI=1S/C13H17BrN2/c1-3-5-11(4-2)16-13-7-6-10(9-15)8-12(13)14/h6-8,11,16H,3-5H2,1-2H3. The highest BCUT2D eigenvalue weighted by Crippen LogP contribution is 2.25. The lowest BCUT2D eigenvalue weighted by Crippen LogP contribution is -2.18. The predicted octanol–water partition coefficient (Wildman–Crippen LogP) is 4.31. The number of nitriles is 1. The van der Waals surface area contributed by atoms with Crippen molar-refractivity contribution < 1.29 is 0 Å². The molecule has 0 saturated carbocycles. The largest absolute Gasteiger partial charge is 0.381 e. The van der Waals surface area contributed by atoms with Crippen molar-refractivity contribution in [2.75, 3.05) is 5.32 Å². The Balaban J connectivity index is 2.77. The van der Waals surface area contributed by atoms with Gasteiger partial charge in [0.2, 0.25) is 0 Å². The summed E-state index contributed by atoms with van der Waals surface area (Å²) >= 11 is 3.48. The lowest BCUT2D eigenvalue weighted by atomic mass is 10.1. The molecule has 2 nitrogen and oxygen atoms in total. The first kappa shape index (κ1) is 13.1. The summed E-state index contributed by atoms with van der Waals surface area (Å²) in [6.45, 7) is 4.38. The van der Waals surface area contributed by atoms with Crippen LogP contribution in [0.2, 0.25) is 0 Å². The van der Waals surface area contributed by atoms with Crippen LogP contribution in [0.25, 0.3) is 0 Å². The average molecular weight is 281 g/mol. The number of benzene rings is 1. The summed E-state index contributed by atoms with van der Waals surface area (Å²) in [5.41, 5.74) is 1.75. The minimum Gasteiger partial charge on any atom is -0.381 e. The molecule has 16 heavy (non-hydrogen) atoms. The Labute approximate surface area is 106 Å². The molecule has 0 aliphatic heterocycles. The molecular formula is C13H17BrN2. The van der Waals surface area contributed by atoms with Crippen LogP contribution in [0.4, 0.5) is 5.69 Å². The average Bonchev–Trinajstić information content (AvgIpc) is 2.30. The van der Waals surface area contributed by atoms with Gasteiger partial charge in [-0.2, -0.15) is 5.26 Å². The molecule has 0 amide bonds. The van der Waals surface area contributed by atoms with E-state index < -0.39 is 0 Å². The van der Waals surface area contributed by atoms with Gasteiger partial charge >= 0.3 is 0 Å². The molecule has 1 unspecified atom stereocenters. The number of hydrogen-bond donors (Lipinski definition) is 1. The van der Waals surface area contributed by atoms with Crippen LogP contribution in [-0.2, 0) is 0 Å². The van der Waals surface area contributed by atoms with E-state index in [1.807, 2.05) is 18.2 Å². The molecule has 0 heterocycles. The third-order valence-corrected chi connectivity index (χ3v) is 3.24. The highest BCUT2D eigenvalue weighted by Gasteiger charge is 2.07. The summed E-state index contributed by atoms with van der Waals surface area (Å²) in [5, 5.41) is 12.3. The highest BCUT2D eigenvalue weighted by atomic mass is 79.9. The fraction of sp³-hybridized carbons (Fsp3) is 0.462. The lowest BCUT2D eigenvalue weighted by molar-refractivity contribution is 0.622. The first-order valence-electron chi connectivity index (χ1n) is 5.67. The van der Waals surface area contributed by atoms with Gasteiger partial charge in [0, 0.05) is 16.2 Å². The van der Waals surface area contributed by atoms with Crippen LogP contribution in [0.5, 0.6) is 0 Å². The highest BCUT2D eigenvalue weighted by molar-refractivity contribution is 9.10. The van der Waals surface area contributed by atoms with E-state index in [4.69, 9.17) is 5.26 Å². The van der Waals surface area contributed by atoms with Crippen LogP contribution in [0, 0.1) is 11.3 Å². The second kappa shape index (κ2) is 6.55. The molecule has 3 heteroatoms. The normalized spacial score (nSPS) is 11.9. The van der Waals surface area contributed by atoms with Gasteiger partial charge in [0.05, 0.1) is 11.6 Å². The minimum absolute atomic E-state index is 0.509. The summed E-state index contributed by atoms with van der Waals surface area (Å²) < 4.78 is 0.959. The van der Waals surface area contributed by atoms with Gasteiger partial charge in [0.15, 0.2) is 0 Å². The van der Waals surface area contributed by atoms with Crippen molar-refractivity contribution in [3.8, 4) is 6.07 Å². The lowest BCUT2D eigenvalue weighted by Gasteiger charge is -2.18. The van der Waals surface area contributed by atoms with E-state index in [2.05, 4.69) is 41.2 Å². The molecule has 0 saturated heterocycles. The second-order valence-electron chi connectivity index (χ2n) is 3.84. The molecule has 1 atom stereocenters. The Morgan fingerprint density at radius 2 is 2.19 bits per heavy atom. The number of halogens is 1.